The van der Waals surface area contributed by atoms with Crippen LogP contribution < -0.4 is 5.32 Å². The fourth-order valence-corrected chi connectivity index (χ4v) is 2.50. The van der Waals surface area contributed by atoms with Gasteiger partial charge in [0.05, 0.1) is 0 Å². The molecule has 1 unspecified atom stereocenters. The minimum Gasteiger partial charge on any atom is -0.379 e. The fourth-order valence-electron chi connectivity index (χ4n) is 2.50. The van der Waals surface area contributed by atoms with Gasteiger partial charge in [0.2, 0.25) is 0 Å². The van der Waals surface area contributed by atoms with E-state index in [0.717, 1.165) is 17.0 Å². The van der Waals surface area contributed by atoms with E-state index in [2.05, 4.69) is 42.9 Å². The molecular weight excluding hydrogens is 232 g/mol. The number of aryl methyl sites for hydroxylation is 2. The molecular formula is C17H24N2. The Morgan fingerprint density at radius 3 is 2.79 bits per heavy atom. The predicted molar refractivity (Wildman–Crippen MR) is 81.9 cm³/mol. The van der Waals surface area contributed by atoms with Gasteiger partial charge in [-0.25, -0.2) is 0 Å². The van der Waals surface area contributed by atoms with E-state index in [0.29, 0.717) is 6.04 Å². The average molecular weight is 256 g/mol. The molecule has 1 aromatic heterocycles. The van der Waals surface area contributed by atoms with Crippen LogP contribution in [0.4, 0.5) is 0 Å². The van der Waals surface area contributed by atoms with Crippen LogP contribution in [0.15, 0.2) is 30.5 Å². The van der Waals surface area contributed by atoms with Crippen LogP contribution >= 0.6 is 0 Å². The molecule has 0 bridgehead atoms. The van der Waals surface area contributed by atoms with Crippen LogP contribution in [0.3, 0.4) is 0 Å². The van der Waals surface area contributed by atoms with Gasteiger partial charge >= 0.3 is 0 Å². The molecule has 1 heterocycles. The molecule has 102 valence electrons. The third kappa shape index (κ3) is 3.46. The van der Waals surface area contributed by atoms with Crippen molar-refractivity contribution in [1.82, 2.24) is 10.3 Å². The van der Waals surface area contributed by atoms with E-state index in [1.807, 2.05) is 13.1 Å². The first-order valence-corrected chi connectivity index (χ1v) is 7.16. The van der Waals surface area contributed by atoms with E-state index in [1.54, 1.807) is 0 Å². The SMILES string of the molecule is C=C(NC(C)C1=CCCCC1)c1cnc(C)c(C)c1. The fraction of sp³-hybridized carbons (Fsp3) is 0.471. The smallest absolute Gasteiger partial charge is 0.0445 e. The van der Waals surface area contributed by atoms with E-state index in [9.17, 15) is 0 Å². The van der Waals surface area contributed by atoms with Crippen molar-refractivity contribution in [2.24, 2.45) is 0 Å². The number of nitrogens with zero attached hydrogens (tertiary/aromatic N) is 1. The molecule has 0 fully saturated rings. The van der Waals surface area contributed by atoms with Gasteiger partial charge in [0, 0.05) is 29.2 Å². The van der Waals surface area contributed by atoms with Crippen LogP contribution in [0.2, 0.25) is 0 Å². The summed E-state index contributed by atoms with van der Waals surface area (Å²) in [4.78, 5) is 4.40. The summed E-state index contributed by atoms with van der Waals surface area (Å²) >= 11 is 0. The summed E-state index contributed by atoms with van der Waals surface area (Å²) in [6.45, 7) is 10.5. The number of hydrogen-bond acceptors (Lipinski definition) is 2. The normalized spacial score (nSPS) is 16.7. The van der Waals surface area contributed by atoms with Gasteiger partial charge in [0.1, 0.15) is 0 Å². The second kappa shape index (κ2) is 6.05. The summed E-state index contributed by atoms with van der Waals surface area (Å²) in [6, 6.07) is 2.52. The first-order chi connectivity index (χ1) is 9.08. The van der Waals surface area contributed by atoms with Gasteiger partial charge in [0.25, 0.3) is 0 Å². The van der Waals surface area contributed by atoms with Crippen molar-refractivity contribution < 1.29 is 0 Å². The quantitative estimate of drug-likeness (QED) is 0.819. The van der Waals surface area contributed by atoms with Crippen molar-refractivity contribution in [3.8, 4) is 0 Å². The minimum atomic E-state index is 0.370. The zero-order valence-corrected chi connectivity index (χ0v) is 12.3. The van der Waals surface area contributed by atoms with Crippen molar-refractivity contribution in [3.63, 3.8) is 0 Å². The lowest BCUT2D eigenvalue weighted by Gasteiger charge is -2.23. The van der Waals surface area contributed by atoms with Gasteiger partial charge in [0.15, 0.2) is 0 Å². The van der Waals surface area contributed by atoms with E-state index in [4.69, 9.17) is 0 Å². The third-order valence-electron chi connectivity index (χ3n) is 3.96. The van der Waals surface area contributed by atoms with Crippen LogP contribution in [0.25, 0.3) is 5.70 Å². The predicted octanol–water partition coefficient (Wildman–Crippen LogP) is 4.15. The van der Waals surface area contributed by atoms with Crippen LogP contribution in [0, 0.1) is 13.8 Å². The molecule has 19 heavy (non-hydrogen) atoms. The van der Waals surface area contributed by atoms with Gasteiger partial charge in [-0.05, 0) is 58.1 Å². The van der Waals surface area contributed by atoms with Crippen molar-refractivity contribution in [3.05, 3.63) is 47.3 Å². The number of pyridine rings is 1. The number of rotatable bonds is 4. The molecule has 0 saturated heterocycles. The molecule has 1 N–H and O–H groups in total. The number of allylic oxidation sites excluding steroid dienone is 1. The molecule has 0 radical (unpaired) electrons. The second-order valence-corrected chi connectivity index (χ2v) is 5.50. The summed E-state index contributed by atoms with van der Waals surface area (Å²) in [5, 5.41) is 3.51. The molecule has 1 aliphatic carbocycles. The Labute approximate surface area is 116 Å². The van der Waals surface area contributed by atoms with Crippen molar-refractivity contribution in [2.75, 3.05) is 0 Å². The average Bonchev–Trinajstić information content (AvgIpc) is 2.42. The molecule has 0 saturated carbocycles. The Morgan fingerprint density at radius 1 is 1.37 bits per heavy atom. The highest BCUT2D eigenvalue weighted by Crippen LogP contribution is 2.22. The molecule has 0 aromatic carbocycles. The van der Waals surface area contributed by atoms with Crippen molar-refractivity contribution in [1.29, 1.82) is 0 Å². The Balaban J connectivity index is 2.03. The van der Waals surface area contributed by atoms with Crippen LogP contribution in [-0.2, 0) is 0 Å². The number of hydrogen-bond donors (Lipinski definition) is 1. The third-order valence-corrected chi connectivity index (χ3v) is 3.96. The summed E-state index contributed by atoms with van der Waals surface area (Å²) in [5.41, 5.74) is 5.87. The highest BCUT2D eigenvalue weighted by molar-refractivity contribution is 5.62. The summed E-state index contributed by atoms with van der Waals surface area (Å²) in [7, 11) is 0. The maximum absolute atomic E-state index is 4.40. The Bertz CT molecular complexity index is 500. The molecule has 2 heteroatoms. The van der Waals surface area contributed by atoms with Gasteiger partial charge in [-0.1, -0.05) is 18.2 Å². The van der Waals surface area contributed by atoms with E-state index >= 15 is 0 Å². The van der Waals surface area contributed by atoms with Gasteiger partial charge in [-0.15, -0.1) is 0 Å². The maximum atomic E-state index is 4.40. The van der Waals surface area contributed by atoms with E-state index in [1.165, 1.54) is 36.8 Å². The van der Waals surface area contributed by atoms with Gasteiger partial charge < -0.3 is 5.32 Å². The topological polar surface area (TPSA) is 24.9 Å². The highest BCUT2D eigenvalue weighted by Gasteiger charge is 2.12. The zero-order chi connectivity index (χ0) is 13.8. The van der Waals surface area contributed by atoms with Crippen LogP contribution in [0.1, 0.15) is 49.4 Å². The highest BCUT2D eigenvalue weighted by atomic mass is 14.9. The van der Waals surface area contributed by atoms with Crippen molar-refractivity contribution >= 4 is 5.70 Å². The zero-order valence-electron chi connectivity index (χ0n) is 12.3. The standard InChI is InChI=1S/C17H24N2/c1-12-10-17(11-18-13(12)2)15(4)19-14(3)16-8-6-5-7-9-16/h8,10-11,14,19H,4-7,9H2,1-3H3. The summed E-state index contributed by atoms with van der Waals surface area (Å²) in [6.07, 6.45) is 9.37. The molecule has 0 aliphatic heterocycles. The number of nitrogens with one attached hydrogen (secondary N) is 1. The molecule has 1 atom stereocenters. The van der Waals surface area contributed by atoms with Crippen LogP contribution in [-0.4, -0.2) is 11.0 Å². The Morgan fingerprint density at radius 2 is 2.16 bits per heavy atom. The van der Waals surface area contributed by atoms with E-state index in [-0.39, 0.29) is 0 Å². The van der Waals surface area contributed by atoms with Gasteiger partial charge in [-0.3, -0.25) is 4.98 Å². The van der Waals surface area contributed by atoms with Crippen molar-refractivity contribution in [2.45, 2.75) is 52.5 Å². The molecule has 1 aromatic rings. The largest absolute Gasteiger partial charge is 0.379 e. The first kappa shape index (κ1) is 13.9. The monoisotopic (exact) mass is 256 g/mol. The lowest BCUT2D eigenvalue weighted by atomic mass is 9.94. The molecule has 1 aliphatic rings. The lowest BCUT2D eigenvalue weighted by Crippen LogP contribution is -2.27. The lowest BCUT2D eigenvalue weighted by molar-refractivity contribution is 0.623. The molecule has 0 spiro atoms. The minimum absolute atomic E-state index is 0.370. The Kier molecular flexibility index (Phi) is 4.41. The van der Waals surface area contributed by atoms with Gasteiger partial charge in [-0.2, -0.15) is 0 Å². The maximum Gasteiger partial charge on any atom is 0.0445 e. The first-order valence-electron chi connectivity index (χ1n) is 7.16. The number of aromatic nitrogens is 1. The van der Waals surface area contributed by atoms with E-state index < -0.39 is 0 Å². The summed E-state index contributed by atoms with van der Waals surface area (Å²) < 4.78 is 0. The molecule has 2 nitrogen and oxygen atoms in total. The van der Waals surface area contributed by atoms with Crippen LogP contribution in [0.5, 0.6) is 0 Å². The molecule has 2 rings (SSSR count). The molecule has 0 amide bonds. The second-order valence-electron chi connectivity index (χ2n) is 5.50. The Hall–Kier alpha value is -1.57. The summed E-state index contributed by atoms with van der Waals surface area (Å²) in [5.74, 6) is 0.